The van der Waals surface area contributed by atoms with Crippen molar-refractivity contribution in [1.29, 1.82) is 0 Å². The van der Waals surface area contributed by atoms with Crippen LogP contribution in [0.3, 0.4) is 0 Å². The first-order valence-electron chi connectivity index (χ1n) is 6.71. The zero-order valence-corrected chi connectivity index (χ0v) is 12.5. The minimum absolute atomic E-state index is 0.0820. The smallest absolute Gasteiger partial charge is 0.336 e. The summed E-state index contributed by atoms with van der Waals surface area (Å²) >= 11 is 0. The third kappa shape index (κ3) is 3.18. The number of nitrogens with one attached hydrogen (secondary N) is 1. The summed E-state index contributed by atoms with van der Waals surface area (Å²) in [5, 5.41) is 22.6. The molecule has 2 aromatic carbocycles. The van der Waals surface area contributed by atoms with E-state index in [-0.39, 0.29) is 22.4 Å². The second kappa shape index (κ2) is 6.27. The molecule has 0 aromatic heterocycles. The van der Waals surface area contributed by atoms with Crippen LogP contribution in [0.4, 0.5) is 11.4 Å². The van der Waals surface area contributed by atoms with E-state index in [1.54, 1.807) is 13.0 Å². The number of carbonyl (C=O) groups is 2. The van der Waals surface area contributed by atoms with Gasteiger partial charge in [-0.1, -0.05) is 12.1 Å². The number of carboxylic acid groups (broad SMARTS) is 1. The quantitative estimate of drug-likeness (QED) is 0.665. The summed E-state index contributed by atoms with van der Waals surface area (Å²) in [5.41, 5.74) is 1.12. The first-order chi connectivity index (χ1) is 10.8. The summed E-state index contributed by atoms with van der Waals surface area (Å²) in [5.74, 6) is -1.62. The van der Waals surface area contributed by atoms with Gasteiger partial charge in [0.1, 0.15) is 0 Å². The molecule has 7 heteroatoms. The Balaban J connectivity index is 2.38. The van der Waals surface area contributed by atoms with Crippen molar-refractivity contribution in [3.63, 3.8) is 0 Å². The van der Waals surface area contributed by atoms with E-state index in [4.69, 9.17) is 5.11 Å². The van der Waals surface area contributed by atoms with Crippen LogP contribution < -0.4 is 5.32 Å². The molecule has 118 valence electrons. The molecule has 0 aliphatic rings. The molecule has 0 aliphatic carbocycles. The molecule has 0 saturated carbocycles. The Morgan fingerprint density at radius 3 is 2.26 bits per heavy atom. The monoisotopic (exact) mass is 314 g/mol. The summed E-state index contributed by atoms with van der Waals surface area (Å²) in [6, 6.07) is 8.77. The largest absolute Gasteiger partial charge is 0.478 e. The van der Waals surface area contributed by atoms with Gasteiger partial charge >= 0.3 is 5.97 Å². The summed E-state index contributed by atoms with van der Waals surface area (Å²) in [6.45, 7) is 3.08. The molecule has 1 amide bonds. The Labute approximate surface area is 131 Å². The fourth-order valence-corrected chi connectivity index (χ4v) is 2.26. The molecule has 0 saturated heterocycles. The van der Waals surface area contributed by atoms with Crippen LogP contribution in [0.25, 0.3) is 0 Å². The summed E-state index contributed by atoms with van der Waals surface area (Å²) in [4.78, 5) is 33.9. The lowest BCUT2D eigenvalue weighted by Gasteiger charge is -2.11. The number of benzene rings is 2. The van der Waals surface area contributed by atoms with Crippen LogP contribution in [0.15, 0.2) is 36.4 Å². The Morgan fingerprint density at radius 1 is 1.04 bits per heavy atom. The number of carboxylic acids is 1. The standard InChI is InChI=1S/C16H14N2O5/c1-9-12(16(20)21)6-3-7-13(9)17-15(19)11-5-4-8-14(10(11)2)18(22)23/h3-8H,1-2H3,(H,17,19)(H,20,21). The van der Waals surface area contributed by atoms with Crippen LogP contribution in [0, 0.1) is 24.0 Å². The van der Waals surface area contributed by atoms with Crippen molar-refractivity contribution in [2.75, 3.05) is 5.32 Å². The highest BCUT2D eigenvalue weighted by atomic mass is 16.6. The number of aromatic carboxylic acids is 1. The van der Waals surface area contributed by atoms with E-state index in [1.807, 2.05) is 0 Å². The van der Waals surface area contributed by atoms with Crippen molar-refractivity contribution in [1.82, 2.24) is 0 Å². The van der Waals surface area contributed by atoms with Crippen LogP contribution in [0.2, 0.25) is 0 Å². The Hall–Kier alpha value is -3.22. The Bertz CT molecular complexity index is 814. The van der Waals surface area contributed by atoms with E-state index < -0.39 is 16.8 Å². The van der Waals surface area contributed by atoms with Crippen LogP contribution in [-0.2, 0) is 0 Å². The maximum absolute atomic E-state index is 12.4. The van der Waals surface area contributed by atoms with E-state index >= 15 is 0 Å². The lowest BCUT2D eigenvalue weighted by atomic mass is 10.0. The molecule has 0 aliphatic heterocycles. The number of nitro groups is 1. The zero-order valence-electron chi connectivity index (χ0n) is 12.5. The van der Waals surface area contributed by atoms with Crippen molar-refractivity contribution < 1.29 is 19.6 Å². The van der Waals surface area contributed by atoms with Crippen molar-refractivity contribution in [2.24, 2.45) is 0 Å². The molecule has 2 aromatic rings. The molecular weight excluding hydrogens is 300 g/mol. The predicted octanol–water partition coefficient (Wildman–Crippen LogP) is 3.16. The zero-order chi connectivity index (χ0) is 17.1. The first kappa shape index (κ1) is 16.2. The lowest BCUT2D eigenvalue weighted by Crippen LogP contribution is -2.15. The number of amides is 1. The molecule has 0 radical (unpaired) electrons. The second-order valence-electron chi connectivity index (χ2n) is 4.94. The summed E-state index contributed by atoms with van der Waals surface area (Å²) in [7, 11) is 0. The summed E-state index contributed by atoms with van der Waals surface area (Å²) in [6.07, 6.45) is 0. The maximum atomic E-state index is 12.4. The van der Waals surface area contributed by atoms with E-state index in [1.165, 1.54) is 37.3 Å². The third-order valence-electron chi connectivity index (χ3n) is 3.56. The molecule has 0 spiro atoms. The average molecular weight is 314 g/mol. The SMILES string of the molecule is Cc1c(NC(=O)c2cccc([N+](=O)[O-])c2C)cccc1C(=O)O. The topological polar surface area (TPSA) is 110 Å². The van der Waals surface area contributed by atoms with Crippen molar-refractivity contribution in [2.45, 2.75) is 13.8 Å². The first-order valence-corrected chi connectivity index (χ1v) is 6.71. The highest BCUT2D eigenvalue weighted by molar-refractivity contribution is 6.07. The minimum atomic E-state index is -1.09. The molecule has 0 atom stereocenters. The Morgan fingerprint density at radius 2 is 1.65 bits per heavy atom. The lowest BCUT2D eigenvalue weighted by molar-refractivity contribution is -0.385. The van der Waals surface area contributed by atoms with E-state index in [9.17, 15) is 19.7 Å². The van der Waals surface area contributed by atoms with Crippen molar-refractivity contribution >= 4 is 23.3 Å². The van der Waals surface area contributed by atoms with Gasteiger partial charge in [0.25, 0.3) is 11.6 Å². The highest BCUT2D eigenvalue weighted by Crippen LogP contribution is 2.24. The molecule has 7 nitrogen and oxygen atoms in total. The van der Waals surface area contributed by atoms with Gasteiger partial charge in [-0.05, 0) is 37.6 Å². The molecule has 0 heterocycles. The van der Waals surface area contributed by atoms with Gasteiger partial charge < -0.3 is 10.4 Å². The van der Waals surface area contributed by atoms with E-state index in [0.29, 0.717) is 11.3 Å². The number of hydrogen-bond acceptors (Lipinski definition) is 4. The maximum Gasteiger partial charge on any atom is 0.336 e. The van der Waals surface area contributed by atoms with Crippen LogP contribution in [-0.4, -0.2) is 21.9 Å². The molecule has 2 N–H and O–H groups in total. The number of rotatable bonds is 4. The van der Waals surface area contributed by atoms with Gasteiger partial charge in [0.05, 0.1) is 10.5 Å². The highest BCUT2D eigenvalue weighted by Gasteiger charge is 2.19. The van der Waals surface area contributed by atoms with Crippen LogP contribution >= 0.6 is 0 Å². The molecular formula is C16H14N2O5. The van der Waals surface area contributed by atoms with E-state index in [0.717, 1.165) is 0 Å². The van der Waals surface area contributed by atoms with Gasteiger partial charge in [-0.3, -0.25) is 14.9 Å². The molecule has 23 heavy (non-hydrogen) atoms. The van der Waals surface area contributed by atoms with Gasteiger partial charge in [0.15, 0.2) is 0 Å². The van der Waals surface area contributed by atoms with Gasteiger partial charge in [-0.15, -0.1) is 0 Å². The Kier molecular flexibility index (Phi) is 4.40. The van der Waals surface area contributed by atoms with E-state index in [2.05, 4.69) is 5.32 Å². The van der Waals surface area contributed by atoms with Gasteiger partial charge in [-0.25, -0.2) is 4.79 Å². The second-order valence-corrected chi connectivity index (χ2v) is 4.94. The molecule has 0 unspecified atom stereocenters. The normalized spacial score (nSPS) is 10.2. The van der Waals surface area contributed by atoms with Gasteiger partial charge in [0, 0.05) is 22.9 Å². The third-order valence-corrected chi connectivity index (χ3v) is 3.56. The van der Waals surface area contributed by atoms with Crippen molar-refractivity contribution in [3.05, 3.63) is 68.8 Å². The molecule has 2 rings (SSSR count). The number of hydrogen-bond donors (Lipinski definition) is 2. The van der Waals surface area contributed by atoms with Gasteiger partial charge in [0.2, 0.25) is 0 Å². The number of nitro benzene ring substituents is 1. The fraction of sp³-hybridized carbons (Fsp3) is 0.125. The predicted molar refractivity (Wildman–Crippen MR) is 83.9 cm³/mol. The number of nitrogens with zero attached hydrogens (tertiary/aromatic N) is 1. The average Bonchev–Trinajstić information content (AvgIpc) is 2.48. The fourth-order valence-electron chi connectivity index (χ4n) is 2.26. The van der Waals surface area contributed by atoms with Gasteiger partial charge in [-0.2, -0.15) is 0 Å². The molecule has 0 bridgehead atoms. The molecule has 0 fully saturated rings. The van der Waals surface area contributed by atoms with Crippen molar-refractivity contribution in [3.8, 4) is 0 Å². The number of carbonyl (C=O) groups excluding carboxylic acids is 1. The minimum Gasteiger partial charge on any atom is -0.478 e. The van der Waals surface area contributed by atoms with Crippen LogP contribution in [0.1, 0.15) is 31.8 Å². The number of anilines is 1. The summed E-state index contributed by atoms with van der Waals surface area (Å²) < 4.78 is 0. The van der Waals surface area contributed by atoms with Crippen LogP contribution in [0.5, 0.6) is 0 Å².